The first-order valence-corrected chi connectivity index (χ1v) is 7.36. The van der Waals surface area contributed by atoms with E-state index in [1.54, 1.807) is 6.07 Å². The van der Waals surface area contributed by atoms with Gasteiger partial charge in [-0.2, -0.15) is 0 Å². The predicted molar refractivity (Wildman–Crippen MR) is 81.3 cm³/mol. The lowest BCUT2D eigenvalue weighted by atomic mass is 10.2. The van der Waals surface area contributed by atoms with Crippen molar-refractivity contribution in [2.45, 2.75) is 19.6 Å². The summed E-state index contributed by atoms with van der Waals surface area (Å²) in [6.07, 6.45) is 0. The summed E-state index contributed by atoms with van der Waals surface area (Å²) in [5.74, 6) is 0.186. The van der Waals surface area contributed by atoms with Crippen LogP contribution in [0.15, 0.2) is 26.2 Å². The lowest BCUT2D eigenvalue weighted by Gasteiger charge is -2.16. The van der Waals surface area contributed by atoms with Crippen molar-refractivity contribution in [1.82, 2.24) is 14.9 Å². The Labute approximate surface area is 133 Å². The van der Waals surface area contributed by atoms with Gasteiger partial charge in [0.05, 0.1) is 17.1 Å². The highest BCUT2D eigenvalue weighted by molar-refractivity contribution is 9.10. The molecule has 8 heteroatoms. The average molecular weight is 370 g/mol. The number of aromatic amines is 2. The van der Waals surface area contributed by atoms with Crippen molar-refractivity contribution < 1.29 is 9.13 Å². The molecule has 0 saturated carbocycles. The number of H-pyrrole nitrogens is 2. The summed E-state index contributed by atoms with van der Waals surface area (Å²) in [6.45, 7) is 1.07. The topological polar surface area (TPSA) is 78.2 Å². The Kier molecular flexibility index (Phi) is 3.88. The van der Waals surface area contributed by atoms with E-state index in [2.05, 4.69) is 25.9 Å². The molecule has 1 aromatic carbocycles. The van der Waals surface area contributed by atoms with Crippen LogP contribution in [0, 0.1) is 5.82 Å². The number of hydrogen-bond acceptors (Lipinski definition) is 4. The zero-order valence-corrected chi connectivity index (χ0v) is 13.3. The molecule has 22 heavy (non-hydrogen) atoms. The van der Waals surface area contributed by atoms with Gasteiger partial charge in [-0.1, -0.05) is 0 Å². The number of aromatic nitrogens is 2. The summed E-state index contributed by atoms with van der Waals surface area (Å²) in [7, 11) is 1.51. The number of fused-ring (bicyclic) bond motifs is 1. The minimum absolute atomic E-state index is 0.311. The molecule has 2 aromatic rings. The third-order valence-electron chi connectivity index (χ3n) is 3.61. The van der Waals surface area contributed by atoms with E-state index in [-0.39, 0.29) is 5.82 Å². The molecule has 2 heterocycles. The highest BCUT2D eigenvalue weighted by Gasteiger charge is 2.24. The molecule has 0 radical (unpaired) electrons. The highest BCUT2D eigenvalue weighted by Crippen LogP contribution is 2.29. The fraction of sp³-hybridized carbons (Fsp3) is 0.286. The van der Waals surface area contributed by atoms with Crippen LogP contribution in [-0.2, 0) is 19.6 Å². The van der Waals surface area contributed by atoms with Crippen molar-refractivity contribution in [3.63, 3.8) is 0 Å². The van der Waals surface area contributed by atoms with Gasteiger partial charge < -0.3 is 9.72 Å². The molecule has 0 aliphatic carbocycles. The molecule has 0 spiro atoms. The van der Waals surface area contributed by atoms with Gasteiger partial charge in [-0.15, -0.1) is 0 Å². The smallest absolute Gasteiger partial charge is 0.325 e. The number of hydrogen-bond donors (Lipinski definition) is 2. The van der Waals surface area contributed by atoms with Crippen LogP contribution in [0.1, 0.15) is 16.8 Å². The van der Waals surface area contributed by atoms with Gasteiger partial charge in [0.25, 0.3) is 5.56 Å². The van der Waals surface area contributed by atoms with E-state index in [1.165, 1.54) is 13.2 Å². The second kappa shape index (κ2) is 5.69. The Morgan fingerprint density at radius 1 is 1.32 bits per heavy atom. The minimum Gasteiger partial charge on any atom is -0.496 e. The molecule has 1 aliphatic heterocycles. The average Bonchev–Trinajstić information content (AvgIpc) is 2.84. The minimum atomic E-state index is -0.526. The second-order valence-electron chi connectivity index (χ2n) is 5.09. The third-order valence-corrected chi connectivity index (χ3v) is 4.23. The summed E-state index contributed by atoms with van der Waals surface area (Å²) in [6, 6.07) is 2.97. The number of nitrogens with one attached hydrogen (secondary N) is 2. The number of halogens is 2. The Balaban J connectivity index is 1.86. The first-order valence-electron chi connectivity index (χ1n) is 6.56. The van der Waals surface area contributed by atoms with Crippen LogP contribution in [0.4, 0.5) is 4.39 Å². The predicted octanol–water partition coefficient (Wildman–Crippen LogP) is 1.49. The van der Waals surface area contributed by atoms with Gasteiger partial charge in [-0.25, -0.2) is 9.18 Å². The lowest BCUT2D eigenvalue weighted by Crippen LogP contribution is -2.25. The number of nitrogens with zero attached hydrogens (tertiary/aromatic N) is 1. The first kappa shape index (κ1) is 15.0. The van der Waals surface area contributed by atoms with E-state index in [9.17, 15) is 14.0 Å². The SMILES string of the molecule is COc1cc(CN2Cc3[nH]c(=O)[nH]c(=O)c3C2)c(F)cc1Br. The highest BCUT2D eigenvalue weighted by atomic mass is 79.9. The van der Waals surface area contributed by atoms with Crippen molar-refractivity contribution in [2.75, 3.05) is 7.11 Å². The maximum absolute atomic E-state index is 14.1. The van der Waals surface area contributed by atoms with Crippen molar-refractivity contribution in [3.05, 3.63) is 60.1 Å². The summed E-state index contributed by atoms with van der Waals surface area (Å²) in [4.78, 5) is 29.7. The molecule has 2 N–H and O–H groups in total. The van der Waals surface area contributed by atoms with Gasteiger partial charge >= 0.3 is 5.69 Å². The second-order valence-corrected chi connectivity index (χ2v) is 5.94. The van der Waals surface area contributed by atoms with Gasteiger partial charge in [0.2, 0.25) is 0 Å². The van der Waals surface area contributed by atoms with Gasteiger partial charge in [0, 0.05) is 30.9 Å². The molecule has 0 fully saturated rings. The largest absolute Gasteiger partial charge is 0.496 e. The molecular formula is C14H13BrFN3O3. The Bertz CT molecular complexity index is 846. The van der Waals surface area contributed by atoms with Crippen molar-refractivity contribution in [1.29, 1.82) is 0 Å². The first-order chi connectivity index (χ1) is 10.5. The molecule has 0 unspecified atom stereocenters. The summed E-state index contributed by atoms with van der Waals surface area (Å²) < 4.78 is 19.8. The Hall–Kier alpha value is -1.93. The Morgan fingerprint density at radius 3 is 2.82 bits per heavy atom. The molecular weight excluding hydrogens is 357 g/mol. The fourth-order valence-electron chi connectivity index (χ4n) is 2.57. The molecule has 1 aromatic heterocycles. The summed E-state index contributed by atoms with van der Waals surface area (Å²) in [5.41, 5.74) is 0.645. The van der Waals surface area contributed by atoms with Crippen LogP contribution in [0.3, 0.4) is 0 Å². The van der Waals surface area contributed by atoms with E-state index < -0.39 is 11.2 Å². The van der Waals surface area contributed by atoms with Crippen LogP contribution < -0.4 is 16.0 Å². The van der Waals surface area contributed by atoms with Crippen LogP contribution in [-0.4, -0.2) is 22.0 Å². The van der Waals surface area contributed by atoms with Gasteiger partial charge in [0.15, 0.2) is 0 Å². The molecule has 0 bridgehead atoms. The Morgan fingerprint density at radius 2 is 2.09 bits per heavy atom. The summed E-state index contributed by atoms with van der Waals surface area (Å²) in [5, 5.41) is 0. The molecule has 3 rings (SSSR count). The molecule has 0 saturated heterocycles. The van der Waals surface area contributed by atoms with Crippen molar-refractivity contribution in [3.8, 4) is 5.75 Å². The summed E-state index contributed by atoms with van der Waals surface area (Å²) >= 11 is 3.23. The van der Waals surface area contributed by atoms with Gasteiger partial charge in [-0.05, 0) is 28.1 Å². The van der Waals surface area contributed by atoms with Crippen LogP contribution in [0.25, 0.3) is 0 Å². The lowest BCUT2D eigenvalue weighted by molar-refractivity contribution is 0.268. The maximum Gasteiger partial charge on any atom is 0.325 e. The van der Waals surface area contributed by atoms with Gasteiger partial charge in [-0.3, -0.25) is 14.7 Å². The van der Waals surface area contributed by atoms with E-state index in [0.29, 0.717) is 46.7 Å². The third kappa shape index (κ3) is 2.71. The molecule has 1 aliphatic rings. The van der Waals surface area contributed by atoms with Crippen LogP contribution in [0.5, 0.6) is 5.75 Å². The zero-order chi connectivity index (χ0) is 15.9. The fourth-order valence-corrected chi connectivity index (χ4v) is 3.04. The van der Waals surface area contributed by atoms with Crippen LogP contribution in [0.2, 0.25) is 0 Å². The number of rotatable bonds is 3. The number of ether oxygens (including phenoxy) is 1. The van der Waals surface area contributed by atoms with Crippen LogP contribution >= 0.6 is 15.9 Å². The molecule has 6 nitrogen and oxygen atoms in total. The monoisotopic (exact) mass is 369 g/mol. The number of methoxy groups -OCH3 is 1. The standard InChI is InChI=1S/C14H13BrFN3O3/c1-22-12-2-7(10(16)3-9(12)15)4-19-5-8-11(6-19)17-14(21)18-13(8)20/h2-3H,4-6H2,1H3,(H2,17,18,20,21). The maximum atomic E-state index is 14.1. The van der Waals surface area contributed by atoms with Gasteiger partial charge in [0.1, 0.15) is 11.6 Å². The van der Waals surface area contributed by atoms with Crippen molar-refractivity contribution >= 4 is 15.9 Å². The quantitative estimate of drug-likeness (QED) is 0.858. The molecule has 116 valence electrons. The normalized spacial score (nSPS) is 14.1. The zero-order valence-electron chi connectivity index (χ0n) is 11.7. The number of benzene rings is 1. The molecule has 0 atom stereocenters. The van der Waals surface area contributed by atoms with E-state index in [4.69, 9.17) is 4.74 Å². The van der Waals surface area contributed by atoms with Crippen molar-refractivity contribution in [2.24, 2.45) is 0 Å². The van der Waals surface area contributed by atoms with E-state index in [1.807, 2.05) is 4.90 Å². The van der Waals surface area contributed by atoms with E-state index in [0.717, 1.165) is 0 Å². The van der Waals surface area contributed by atoms with E-state index >= 15 is 0 Å². The molecule has 0 amide bonds.